The normalized spacial score (nSPS) is 16.0. The quantitative estimate of drug-likeness (QED) is 0.843. The summed E-state index contributed by atoms with van der Waals surface area (Å²) in [6, 6.07) is 17.1. The van der Waals surface area contributed by atoms with Gasteiger partial charge in [0.25, 0.3) is 5.91 Å². The molecule has 0 radical (unpaired) electrons. The number of nitrogens with zero attached hydrogens (tertiary/aromatic N) is 1. The van der Waals surface area contributed by atoms with Crippen molar-refractivity contribution in [1.29, 1.82) is 0 Å². The zero-order valence-corrected chi connectivity index (χ0v) is 16.3. The third kappa shape index (κ3) is 5.10. The van der Waals surface area contributed by atoms with Gasteiger partial charge in [0.1, 0.15) is 0 Å². The Bertz CT molecular complexity index is 769. The van der Waals surface area contributed by atoms with Crippen LogP contribution in [0.4, 0.5) is 0 Å². The molecule has 142 valence electrons. The minimum Gasteiger partial charge on any atom is -0.355 e. The number of piperidine rings is 1. The molecule has 1 fully saturated rings. The van der Waals surface area contributed by atoms with Crippen LogP contribution >= 0.6 is 11.6 Å². The lowest BCUT2D eigenvalue weighted by atomic mass is 9.94. The molecule has 0 spiro atoms. The molecule has 0 aromatic heterocycles. The smallest absolute Gasteiger partial charge is 0.253 e. The fraction of sp³-hybridized carbons (Fsp3) is 0.364. The molecule has 1 N–H and O–H groups in total. The van der Waals surface area contributed by atoms with Gasteiger partial charge in [0, 0.05) is 36.1 Å². The molecule has 1 atom stereocenters. The molecule has 1 heterocycles. The first-order valence-corrected chi connectivity index (χ1v) is 9.80. The first kappa shape index (κ1) is 19.4. The van der Waals surface area contributed by atoms with Crippen molar-refractivity contribution in [3.63, 3.8) is 0 Å². The fourth-order valence-electron chi connectivity index (χ4n) is 3.42. The van der Waals surface area contributed by atoms with E-state index in [1.165, 1.54) is 5.56 Å². The summed E-state index contributed by atoms with van der Waals surface area (Å²) < 4.78 is 0. The molecule has 0 aliphatic carbocycles. The zero-order chi connectivity index (χ0) is 19.2. The van der Waals surface area contributed by atoms with Crippen LogP contribution in [0, 0.1) is 5.92 Å². The molecule has 1 aliphatic heterocycles. The summed E-state index contributed by atoms with van der Waals surface area (Å²) in [6.07, 6.45) is 1.40. The molecule has 2 aromatic rings. The Morgan fingerprint density at radius 1 is 1.07 bits per heavy atom. The number of carbonyl (C=O) groups is 2. The third-order valence-electron chi connectivity index (χ3n) is 5.20. The number of benzene rings is 2. The fourth-order valence-corrected chi connectivity index (χ4v) is 3.54. The van der Waals surface area contributed by atoms with Gasteiger partial charge in [0.05, 0.1) is 0 Å². The number of halogens is 1. The topological polar surface area (TPSA) is 49.4 Å². The molecule has 0 unspecified atom stereocenters. The van der Waals surface area contributed by atoms with Crippen molar-refractivity contribution < 1.29 is 9.59 Å². The van der Waals surface area contributed by atoms with Gasteiger partial charge in [-0.15, -0.1) is 0 Å². The molecule has 2 aromatic carbocycles. The van der Waals surface area contributed by atoms with E-state index in [0.717, 1.165) is 0 Å². The summed E-state index contributed by atoms with van der Waals surface area (Å²) in [4.78, 5) is 26.8. The lowest BCUT2D eigenvalue weighted by Crippen LogP contribution is -2.43. The van der Waals surface area contributed by atoms with Gasteiger partial charge in [-0.05, 0) is 48.6 Å². The highest BCUT2D eigenvalue weighted by Crippen LogP contribution is 2.21. The van der Waals surface area contributed by atoms with E-state index in [0.29, 0.717) is 43.1 Å². The minimum absolute atomic E-state index is 0.00299. The summed E-state index contributed by atoms with van der Waals surface area (Å²) in [7, 11) is 0. The molecular weight excluding hydrogens is 360 g/mol. The van der Waals surface area contributed by atoms with Crippen molar-refractivity contribution >= 4 is 23.4 Å². The predicted molar refractivity (Wildman–Crippen MR) is 108 cm³/mol. The molecule has 27 heavy (non-hydrogen) atoms. The first-order valence-electron chi connectivity index (χ1n) is 9.42. The van der Waals surface area contributed by atoms with Crippen molar-refractivity contribution in [1.82, 2.24) is 10.2 Å². The lowest BCUT2D eigenvalue weighted by Gasteiger charge is -2.31. The number of likely N-dealkylation sites (tertiary alicyclic amines) is 1. The Morgan fingerprint density at radius 3 is 2.33 bits per heavy atom. The molecule has 0 bridgehead atoms. The zero-order valence-electron chi connectivity index (χ0n) is 15.5. The third-order valence-corrected chi connectivity index (χ3v) is 5.45. The van der Waals surface area contributed by atoms with E-state index in [9.17, 15) is 9.59 Å². The van der Waals surface area contributed by atoms with Crippen LogP contribution in [0.25, 0.3) is 0 Å². The molecule has 0 saturated carbocycles. The van der Waals surface area contributed by atoms with Crippen molar-refractivity contribution in [3.8, 4) is 0 Å². The van der Waals surface area contributed by atoms with E-state index in [-0.39, 0.29) is 23.7 Å². The van der Waals surface area contributed by atoms with Crippen molar-refractivity contribution in [2.45, 2.75) is 25.7 Å². The van der Waals surface area contributed by atoms with Gasteiger partial charge in [-0.25, -0.2) is 0 Å². The first-order chi connectivity index (χ1) is 13.0. The van der Waals surface area contributed by atoms with Gasteiger partial charge in [0.2, 0.25) is 5.91 Å². The SMILES string of the molecule is C[C@H](CNC(=O)C1CCN(C(=O)c2ccc(Cl)cc2)CC1)c1ccccc1. The highest BCUT2D eigenvalue weighted by atomic mass is 35.5. The van der Waals surface area contributed by atoms with Gasteiger partial charge in [-0.1, -0.05) is 48.9 Å². The van der Waals surface area contributed by atoms with E-state index in [1.54, 1.807) is 24.3 Å². The van der Waals surface area contributed by atoms with Crippen molar-refractivity contribution in [3.05, 3.63) is 70.7 Å². The Balaban J connectivity index is 1.46. The largest absolute Gasteiger partial charge is 0.355 e. The van der Waals surface area contributed by atoms with E-state index in [4.69, 9.17) is 11.6 Å². The van der Waals surface area contributed by atoms with Crippen LogP contribution in [-0.4, -0.2) is 36.3 Å². The van der Waals surface area contributed by atoms with E-state index < -0.39 is 0 Å². The Kier molecular flexibility index (Phi) is 6.51. The van der Waals surface area contributed by atoms with Crippen LogP contribution in [0.3, 0.4) is 0 Å². The van der Waals surface area contributed by atoms with Crippen LogP contribution < -0.4 is 5.32 Å². The summed E-state index contributed by atoms with van der Waals surface area (Å²) in [5, 5.41) is 3.69. The maximum absolute atomic E-state index is 12.5. The standard InChI is InChI=1S/C22H25ClN2O2/c1-16(17-5-3-2-4-6-17)15-24-21(26)18-11-13-25(14-12-18)22(27)19-7-9-20(23)10-8-19/h2-10,16,18H,11-15H2,1H3,(H,24,26)/t16-/m1/s1. The molecule has 1 saturated heterocycles. The van der Waals surface area contributed by atoms with E-state index >= 15 is 0 Å². The number of carbonyl (C=O) groups excluding carboxylic acids is 2. The number of hydrogen-bond acceptors (Lipinski definition) is 2. The highest BCUT2D eigenvalue weighted by molar-refractivity contribution is 6.30. The van der Waals surface area contributed by atoms with Gasteiger partial charge in [-0.2, -0.15) is 0 Å². The Hall–Kier alpha value is -2.33. The van der Waals surface area contributed by atoms with Crippen molar-refractivity contribution in [2.24, 2.45) is 5.92 Å². The summed E-state index contributed by atoms with van der Waals surface area (Å²) >= 11 is 5.88. The maximum Gasteiger partial charge on any atom is 0.253 e. The molecule has 2 amide bonds. The van der Waals surface area contributed by atoms with Crippen LogP contribution in [-0.2, 0) is 4.79 Å². The van der Waals surface area contributed by atoms with E-state index in [2.05, 4.69) is 24.4 Å². The molecule has 1 aliphatic rings. The van der Waals surface area contributed by atoms with Gasteiger partial charge in [0.15, 0.2) is 0 Å². The molecule has 4 nitrogen and oxygen atoms in total. The predicted octanol–water partition coefficient (Wildman–Crippen LogP) is 4.11. The average Bonchev–Trinajstić information content (AvgIpc) is 2.72. The molecule has 3 rings (SSSR count). The monoisotopic (exact) mass is 384 g/mol. The number of hydrogen-bond donors (Lipinski definition) is 1. The number of rotatable bonds is 5. The Labute approximate surface area is 165 Å². The second-order valence-electron chi connectivity index (χ2n) is 7.13. The van der Waals surface area contributed by atoms with Crippen molar-refractivity contribution in [2.75, 3.05) is 19.6 Å². The summed E-state index contributed by atoms with van der Waals surface area (Å²) in [5.74, 6) is 0.351. The summed E-state index contributed by atoms with van der Waals surface area (Å²) in [5.41, 5.74) is 1.86. The lowest BCUT2D eigenvalue weighted by molar-refractivity contribution is -0.126. The minimum atomic E-state index is -0.0257. The Morgan fingerprint density at radius 2 is 1.70 bits per heavy atom. The van der Waals surface area contributed by atoms with Crippen LogP contribution in [0.5, 0.6) is 0 Å². The number of amides is 2. The van der Waals surface area contributed by atoms with Gasteiger partial charge in [-0.3, -0.25) is 9.59 Å². The second kappa shape index (κ2) is 9.05. The maximum atomic E-state index is 12.5. The van der Waals surface area contributed by atoms with E-state index in [1.807, 2.05) is 23.1 Å². The van der Waals surface area contributed by atoms with Crippen LogP contribution in [0.15, 0.2) is 54.6 Å². The highest BCUT2D eigenvalue weighted by Gasteiger charge is 2.27. The van der Waals surface area contributed by atoms with Crippen LogP contribution in [0.1, 0.15) is 41.6 Å². The molecule has 5 heteroatoms. The van der Waals surface area contributed by atoms with Gasteiger partial charge >= 0.3 is 0 Å². The summed E-state index contributed by atoms with van der Waals surface area (Å²) in [6.45, 7) is 3.96. The molecular formula is C22H25ClN2O2. The number of nitrogens with one attached hydrogen (secondary N) is 1. The van der Waals surface area contributed by atoms with Gasteiger partial charge < -0.3 is 10.2 Å². The second-order valence-corrected chi connectivity index (χ2v) is 7.57. The van der Waals surface area contributed by atoms with Crippen LogP contribution in [0.2, 0.25) is 5.02 Å². The average molecular weight is 385 g/mol.